The molecule has 0 bridgehead atoms. The van der Waals surface area contributed by atoms with Crippen LogP contribution in [0.2, 0.25) is 0 Å². The highest BCUT2D eigenvalue weighted by atomic mass is 16.5. The first-order valence-electron chi connectivity index (χ1n) is 8.77. The van der Waals surface area contributed by atoms with Gasteiger partial charge in [0, 0.05) is 18.3 Å². The van der Waals surface area contributed by atoms with E-state index in [9.17, 15) is 4.79 Å². The quantitative estimate of drug-likeness (QED) is 0.859. The van der Waals surface area contributed by atoms with Crippen molar-refractivity contribution in [1.82, 2.24) is 14.9 Å². The van der Waals surface area contributed by atoms with Crippen LogP contribution in [0.25, 0.3) is 0 Å². The van der Waals surface area contributed by atoms with Gasteiger partial charge in [0.25, 0.3) is 0 Å². The Bertz CT molecular complexity index is 733. The summed E-state index contributed by atoms with van der Waals surface area (Å²) in [4.78, 5) is 22.8. The van der Waals surface area contributed by atoms with E-state index < -0.39 is 0 Å². The lowest BCUT2D eigenvalue weighted by atomic mass is 9.98. The minimum Gasteiger partial charge on any atom is -0.370 e. The molecule has 2 aromatic rings. The van der Waals surface area contributed by atoms with Gasteiger partial charge >= 0.3 is 0 Å². The fourth-order valence-corrected chi connectivity index (χ4v) is 3.24. The summed E-state index contributed by atoms with van der Waals surface area (Å²) in [6, 6.07) is 8.34. The lowest BCUT2D eigenvalue weighted by Crippen LogP contribution is -2.48. The Balaban J connectivity index is 1.68. The third kappa shape index (κ3) is 4.23. The summed E-state index contributed by atoms with van der Waals surface area (Å²) in [6.45, 7) is 7.39. The average Bonchev–Trinajstić information content (AvgIpc) is 2.63. The monoisotopic (exact) mass is 339 g/mol. The van der Waals surface area contributed by atoms with Crippen LogP contribution in [0.4, 0.5) is 0 Å². The second kappa shape index (κ2) is 7.74. The van der Waals surface area contributed by atoms with Gasteiger partial charge in [-0.2, -0.15) is 0 Å². The second-order valence-electron chi connectivity index (χ2n) is 6.78. The molecule has 5 heteroatoms. The maximum Gasteiger partial charge on any atom is 0.223 e. The number of nitrogens with zero attached hydrogens (tertiary/aromatic N) is 3. The first-order chi connectivity index (χ1) is 12.0. The van der Waals surface area contributed by atoms with E-state index in [1.54, 1.807) is 6.20 Å². The van der Waals surface area contributed by atoms with Crippen molar-refractivity contribution in [3.8, 4) is 0 Å². The number of ether oxygens (including phenoxy) is 1. The van der Waals surface area contributed by atoms with Gasteiger partial charge in [0.15, 0.2) is 0 Å². The zero-order valence-electron chi connectivity index (χ0n) is 15.1. The molecule has 0 saturated carbocycles. The van der Waals surface area contributed by atoms with Crippen LogP contribution in [0.5, 0.6) is 0 Å². The summed E-state index contributed by atoms with van der Waals surface area (Å²) >= 11 is 0. The number of aryl methyl sites for hydroxylation is 3. The fourth-order valence-electron chi connectivity index (χ4n) is 3.24. The zero-order valence-corrected chi connectivity index (χ0v) is 15.1. The first kappa shape index (κ1) is 17.5. The molecule has 1 aromatic carbocycles. The number of carbonyl (C=O) groups is 1. The van der Waals surface area contributed by atoms with Crippen LogP contribution >= 0.6 is 0 Å². The molecule has 2 atom stereocenters. The molecule has 1 amide bonds. The van der Waals surface area contributed by atoms with Crippen molar-refractivity contribution >= 4 is 5.91 Å². The number of morpholine rings is 1. The molecule has 5 nitrogen and oxygen atoms in total. The van der Waals surface area contributed by atoms with Crippen LogP contribution in [0, 0.1) is 13.8 Å². The highest BCUT2D eigenvalue weighted by Crippen LogP contribution is 2.28. The Hall–Kier alpha value is -2.27. The van der Waals surface area contributed by atoms with Crippen molar-refractivity contribution in [1.29, 1.82) is 0 Å². The van der Waals surface area contributed by atoms with E-state index in [-0.39, 0.29) is 18.1 Å². The molecule has 132 valence electrons. The maximum absolute atomic E-state index is 12.7. The minimum absolute atomic E-state index is 0.0564. The van der Waals surface area contributed by atoms with E-state index in [0.717, 1.165) is 5.69 Å². The topological polar surface area (TPSA) is 55.3 Å². The average molecular weight is 339 g/mol. The van der Waals surface area contributed by atoms with Crippen molar-refractivity contribution in [3.63, 3.8) is 0 Å². The van der Waals surface area contributed by atoms with Crippen LogP contribution in [-0.4, -0.2) is 40.0 Å². The SMILES string of the molecule is Cc1ccc(C)c(C2CN(C(=O)CCc3ccncn3)C(C)CO2)c1. The number of benzene rings is 1. The van der Waals surface area contributed by atoms with E-state index in [2.05, 4.69) is 42.0 Å². The lowest BCUT2D eigenvalue weighted by Gasteiger charge is -2.39. The molecule has 1 saturated heterocycles. The van der Waals surface area contributed by atoms with Crippen molar-refractivity contribution in [2.75, 3.05) is 13.2 Å². The lowest BCUT2D eigenvalue weighted by molar-refractivity contribution is -0.144. The van der Waals surface area contributed by atoms with Gasteiger partial charge in [0.05, 0.1) is 19.2 Å². The number of aromatic nitrogens is 2. The summed E-state index contributed by atoms with van der Waals surface area (Å²) in [6.07, 6.45) is 4.27. The van der Waals surface area contributed by atoms with Crippen LogP contribution in [-0.2, 0) is 16.0 Å². The molecule has 3 rings (SSSR count). The fraction of sp³-hybridized carbons (Fsp3) is 0.450. The molecule has 1 fully saturated rings. The molecule has 1 aliphatic rings. The van der Waals surface area contributed by atoms with Crippen molar-refractivity contribution in [2.45, 2.75) is 45.8 Å². The minimum atomic E-state index is -0.0564. The number of hydrogen-bond acceptors (Lipinski definition) is 4. The molecule has 1 aliphatic heterocycles. The Morgan fingerprint density at radius 3 is 2.92 bits per heavy atom. The maximum atomic E-state index is 12.7. The number of rotatable bonds is 4. The summed E-state index contributed by atoms with van der Waals surface area (Å²) in [5.41, 5.74) is 4.50. The summed E-state index contributed by atoms with van der Waals surface area (Å²) in [5.74, 6) is 0.157. The number of amides is 1. The van der Waals surface area contributed by atoms with E-state index in [4.69, 9.17) is 4.74 Å². The molecule has 25 heavy (non-hydrogen) atoms. The standard InChI is InChI=1S/C20H25N3O2/c1-14-4-5-15(2)18(10-14)19-11-23(16(3)12-25-19)20(24)7-6-17-8-9-21-13-22-17/h4-5,8-10,13,16,19H,6-7,11-12H2,1-3H3. The highest BCUT2D eigenvalue weighted by Gasteiger charge is 2.30. The van der Waals surface area contributed by atoms with Crippen LogP contribution < -0.4 is 0 Å². The van der Waals surface area contributed by atoms with Gasteiger partial charge in [0.1, 0.15) is 12.4 Å². The van der Waals surface area contributed by atoms with Gasteiger partial charge in [-0.15, -0.1) is 0 Å². The number of hydrogen-bond donors (Lipinski definition) is 0. The highest BCUT2D eigenvalue weighted by molar-refractivity contribution is 5.77. The third-order valence-corrected chi connectivity index (χ3v) is 4.77. The zero-order chi connectivity index (χ0) is 17.8. The summed E-state index contributed by atoms with van der Waals surface area (Å²) in [5, 5.41) is 0. The van der Waals surface area contributed by atoms with E-state index in [0.29, 0.717) is 26.0 Å². The van der Waals surface area contributed by atoms with Gasteiger partial charge in [-0.25, -0.2) is 9.97 Å². The normalized spacial score (nSPS) is 20.5. The predicted octanol–water partition coefficient (Wildman–Crippen LogP) is 3.01. The Labute approximate surface area is 149 Å². The largest absolute Gasteiger partial charge is 0.370 e. The molecule has 0 N–H and O–H groups in total. The number of carbonyl (C=O) groups excluding carboxylic acids is 1. The van der Waals surface area contributed by atoms with E-state index in [1.807, 2.05) is 17.9 Å². The molecule has 2 unspecified atom stereocenters. The van der Waals surface area contributed by atoms with E-state index >= 15 is 0 Å². The third-order valence-electron chi connectivity index (χ3n) is 4.77. The Kier molecular flexibility index (Phi) is 5.43. The molecule has 2 heterocycles. The van der Waals surface area contributed by atoms with Gasteiger partial charge in [-0.3, -0.25) is 4.79 Å². The van der Waals surface area contributed by atoms with Gasteiger partial charge < -0.3 is 9.64 Å². The van der Waals surface area contributed by atoms with Crippen molar-refractivity contribution in [3.05, 3.63) is 59.2 Å². The summed E-state index contributed by atoms with van der Waals surface area (Å²) < 4.78 is 6.04. The first-order valence-corrected chi connectivity index (χ1v) is 8.77. The van der Waals surface area contributed by atoms with E-state index in [1.165, 1.54) is 23.0 Å². The predicted molar refractivity (Wildman–Crippen MR) is 96.1 cm³/mol. The molecule has 0 radical (unpaired) electrons. The van der Waals surface area contributed by atoms with Crippen LogP contribution in [0.3, 0.4) is 0 Å². The van der Waals surface area contributed by atoms with Crippen molar-refractivity contribution < 1.29 is 9.53 Å². The smallest absolute Gasteiger partial charge is 0.223 e. The molecule has 0 aliphatic carbocycles. The van der Waals surface area contributed by atoms with Gasteiger partial charge in [0.2, 0.25) is 5.91 Å². The molecule has 1 aromatic heterocycles. The summed E-state index contributed by atoms with van der Waals surface area (Å²) in [7, 11) is 0. The Morgan fingerprint density at radius 2 is 2.16 bits per heavy atom. The van der Waals surface area contributed by atoms with Gasteiger partial charge in [-0.1, -0.05) is 23.8 Å². The molecular weight excluding hydrogens is 314 g/mol. The van der Waals surface area contributed by atoms with Gasteiger partial charge in [-0.05, 0) is 44.4 Å². The Morgan fingerprint density at radius 1 is 1.32 bits per heavy atom. The van der Waals surface area contributed by atoms with Crippen LogP contribution in [0.15, 0.2) is 36.8 Å². The molecule has 0 spiro atoms. The van der Waals surface area contributed by atoms with Crippen molar-refractivity contribution in [2.24, 2.45) is 0 Å². The molecular formula is C20H25N3O2. The van der Waals surface area contributed by atoms with Crippen LogP contribution in [0.1, 0.15) is 41.8 Å². The second-order valence-corrected chi connectivity index (χ2v) is 6.78.